The van der Waals surface area contributed by atoms with Crippen LogP contribution >= 0.6 is 0 Å². The Morgan fingerprint density at radius 3 is 2.67 bits per heavy atom. The maximum absolute atomic E-state index is 5.67. The summed E-state index contributed by atoms with van der Waals surface area (Å²) in [5, 5.41) is 3.39. The largest absolute Gasteiger partial charge is 0.491 e. The van der Waals surface area contributed by atoms with Gasteiger partial charge in [0.1, 0.15) is 5.75 Å². The van der Waals surface area contributed by atoms with E-state index in [4.69, 9.17) is 4.74 Å². The van der Waals surface area contributed by atoms with Gasteiger partial charge in [-0.05, 0) is 44.5 Å². The Bertz CT molecular complexity index is 369. The van der Waals surface area contributed by atoms with Gasteiger partial charge in [0.15, 0.2) is 0 Å². The van der Waals surface area contributed by atoms with E-state index in [0.717, 1.165) is 18.7 Å². The van der Waals surface area contributed by atoms with E-state index in [1.54, 1.807) is 0 Å². The average Bonchev–Trinajstić information content (AvgIpc) is 2.27. The van der Waals surface area contributed by atoms with Gasteiger partial charge in [-0.25, -0.2) is 0 Å². The van der Waals surface area contributed by atoms with Crippen LogP contribution in [0.25, 0.3) is 6.08 Å². The molecule has 0 saturated carbocycles. The van der Waals surface area contributed by atoms with Crippen LogP contribution in [-0.2, 0) is 0 Å². The van der Waals surface area contributed by atoms with Crippen LogP contribution in [0.5, 0.6) is 5.75 Å². The molecule has 1 rings (SSSR count). The molecule has 2 nitrogen and oxygen atoms in total. The smallest absolute Gasteiger partial charge is 0.120 e. The van der Waals surface area contributed by atoms with Crippen molar-refractivity contribution in [3.8, 4) is 5.75 Å². The molecule has 0 amide bonds. The summed E-state index contributed by atoms with van der Waals surface area (Å²) in [5.74, 6) is 0.937. The van der Waals surface area contributed by atoms with E-state index >= 15 is 0 Å². The Morgan fingerprint density at radius 2 is 2.00 bits per heavy atom. The van der Waals surface area contributed by atoms with Crippen molar-refractivity contribution in [1.29, 1.82) is 0 Å². The summed E-state index contributed by atoms with van der Waals surface area (Å²) < 4.78 is 5.67. The van der Waals surface area contributed by atoms with Gasteiger partial charge in [-0.15, -0.1) is 0 Å². The van der Waals surface area contributed by atoms with Crippen molar-refractivity contribution >= 4 is 6.08 Å². The Hall–Kier alpha value is -1.28. The lowest BCUT2D eigenvalue weighted by molar-refractivity contribution is 0.242. The van der Waals surface area contributed by atoms with Crippen LogP contribution in [0.4, 0.5) is 0 Å². The van der Waals surface area contributed by atoms with Crippen LogP contribution in [-0.4, -0.2) is 18.7 Å². The van der Waals surface area contributed by atoms with E-state index in [-0.39, 0.29) is 6.10 Å². The zero-order valence-electron chi connectivity index (χ0n) is 11.9. The molecule has 0 bridgehead atoms. The molecule has 0 aromatic heterocycles. The van der Waals surface area contributed by atoms with Crippen molar-refractivity contribution < 1.29 is 4.74 Å². The standard InChI is InChI=1S/C16H25NO/c1-13(2)17-11-6-5-8-15-9-7-10-16(12-15)18-14(3)4/h5,7-10,12-14,17H,6,11H2,1-4H3. The van der Waals surface area contributed by atoms with E-state index in [2.05, 4.69) is 43.4 Å². The average molecular weight is 247 g/mol. The molecular formula is C16H25NO. The zero-order valence-corrected chi connectivity index (χ0v) is 11.9. The van der Waals surface area contributed by atoms with Crippen molar-refractivity contribution in [3.05, 3.63) is 35.9 Å². The summed E-state index contributed by atoms with van der Waals surface area (Å²) in [6.07, 6.45) is 5.62. The number of hydrogen-bond acceptors (Lipinski definition) is 2. The molecule has 0 saturated heterocycles. The van der Waals surface area contributed by atoms with Gasteiger partial charge in [0, 0.05) is 6.04 Å². The number of hydrogen-bond donors (Lipinski definition) is 1. The number of rotatable bonds is 7. The number of ether oxygens (including phenoxy) is 1. The van der Waals surface area contributed by atoms with Gasteiger partial charge < -0.3 is 10.1 Å². The predicted molar refractivity (Wildman–Crippen MR) is 79.0 cm³/mol. The highest BCUT2D eigenvalue weighted by Crippen LogP contribution is 2.15. The maximum Gasteiger partial charge on any atom is 0.120 e. The van der Waals surface area contributed by atoms with Crippen LogP contribution in [0.1, 0.15) is 39.7 Å². The summed E-state index contributed by atoms with van der Waals surface area (Å²) >= 11 is 0. The first-order chi connectivity index (χ1) is 8.58. The summed E-state index contributed by atoms with van der Waals surface area (Å²) in [7, 11) is 0. The second-order valence-electron chi connectivity index (χ2n) is 5.04. The molecule has 0 atom stereocenters. The highest BCUT2D eigenvalue weighted by molar-refractivity contribution is 5.51. The molecule has 0 heterocycles. The first kappa shape index (κ1) is 14.8. The molecule has 100 valence electrons. The second-order valence-corrected chi connectivity index (χ2v) is 5.04. The molecule has 1 aromatic rings. The molecular weight excluding hydrogens is 222 g/mol. The third-order valence-electron chi connectivity index (χ3n) is 2.40. The van der Waals surface area contributed by atoms with E-state index in [9.17, 15) is 0 Å². The minimum absolute atomic E-state index is 0.222. The van der Waals surface area contributed by atoms with E-state index in [1.807, 2.05) is 26.0 Å². The topological polar surface area (TPSA) is 21.3 Å². The molecule has 0 aliphatic carbocycles. The maximum atomic E-state index is 5.67. The van der Waals surface area contributed by atoms with Crippen LogP contribution in [0, 0.1) is 0 Å². The first-order valence-corrected chi connectivity index (χ1v) is 6.74. The third-order valence-corrected chi connectivity index (χ3v) is 2.40. The van der Waals surface area contributed by atoms with Gasteiger partial charge in [-0.1, -0.05) is 38.1 Å². The number of benzene rings is 1. The highest BCUT2D eigenvalue weighted by Gasteiger charge is 1.97. The van der Waals surface area contributed by atoms with Crippen LogP contribution in [0.15, 0.2) is 30.3 Å². The molecule has 0 radical (unpaired) electrons. The van der Waals surface area contributed by atoms with Crippen molar-refractivity contribution in [3.63, 3.8) is 0 Å². The second kappa shape index (κ2) is 7.93. The van der Waals surface area contributed by atoms with Gasteiger partial charge in [-0.2, -0.15) is 0 Å². The molecule has 1 aromatic carbocycles. The Morgan fingerprint density at radius 1 is 1.22 bits per heavy atom. The normalized spacial score (nSPS) is 11.7. The molecule has 0 aliphatic rings. The van der Waals surface area contributed by atoms with Crippen molar-refractivity contribution in [2.45, 2.75) is 46.3 Å². The zero-order chi connectivity index (χ0) is 13.4. The SMILES string of the molecule is CC(C)NCCC=Cc1cccc(OC(C)C)c1. The lowest BCUT2D eigenvalue weighted by Gasteiger charge is -2.09. The minimum atomic E-state index is 0.222. The van der Waals surface area contributed by atoms with Crippen LogP contribution in [0.3, 0.4) is 0 Å². The third kappa shape index (κ3) is 6.45. The summed E-state index contributed by atoms with van der Waals surface area (Å²) in [4.78, 5) is 0. The highest BCUT2D eigenvalue weighted by atomic mass is 16.5. The molecule has 2 heteroatoms. The van der Waals surface area contributed by atoms with E-state index in [1.165, 1.54) is 5.56 Å². The summed E-state index contributed by atoms with van der Waals surface area (Å²) in [6, 6.07) is 8.76. The molecule has 1 N–H and O–H groups in total. The van der Waals surface area contributed by atoms with Crippen molar-refractivity contribution in [2.24, 2.45) is 0 Å². The first-order valence-electron chi connectivity index (χ1n) is 6.74. The molecule has 18 heavy (non-hydrogen) atoms. The lowest BCUT2D eigenvalue weighted by Crippen LogP contribution is -2.23. The van der Waals surface area contributed by atoms with Crippen molar-refractivity contribution in [1.82, 2.24) is 5.32 Å². The summed E-state index contributed by atoms with van der Waals surface area (Å²) in [6.45, 7) is 9.43. The summed E-state index contributed by atoms with van der Waals surface area (Å²) in [5.41, 5.74) is 1.19. The van der Waals surface area contributed by atoms with Gasteiger partial charge in [-0.3, -0.25) is 0 Å². The van der Waals surface area contributed by atoms with Crippen LogP contribution in [0.2, 0.25) is 0 Å². The van der Waals surface area contributed by atoms with Gasteiger partial charge in [0.05, 0.1) is 6.10 Å². The molecule has 0 fully saturated rings. The quantitative estimate of drug-likeness (QED) is 0.738. The Kier molecular flexibility index (Phi) is 6.51. The fraction of sp³-hybridized carbons (Fsp3) is 0.500. The fourth-order valence-electron chi connectivity index (χ4n) is 1.64. The monoisotopic (exact) mass is 247 g/mol. The van der Waals surface area contributed by atoms with Gasteiger partial charge in [0.25, 0.3) is 0 Å². The predicted octanol–water partition coefficient (Wildman–Crippen LogP) is 3.88. The van der Waals surface area contributed by atoms with Crippen molar-refractivity contribution in [2.75, 3.05) is 6.54 Å². The van der Waals surface area contributed by atoms with Gasteiger partial charge in [0.2, 0.25) is 0 Å². The van der Waals surface area contributed by atoms with Gasteiger partial charge >= 0.3 is 0 Å². The Balaban J connectivity index is 2.44. The van der Waals surface area contributed by atoms with Crippen LogP contribution < -0.4 is 10.1 Å². The fourth-order valence-corrected chi connectivity index (χ4v) is 1.64. The number of nitrogens with one attached hydrogen (secondary N) is 1. The van der Waals surface area contributed by atoms with E-state index in [0.29, 0.717) is 6.04 Å². The lowest BCUT2D eigenvalue weighted by atomic mass is 10.2. The Labute approximate surface area is 111 Å². The van der Waals surface area contributed by atoms with E-state index < -0.39 is 0 Å². The minimum Gasteiger partial charge on any atom is -0.491 e. The molecule has 0 spiro atoms. The molecule has 0 unspecified atom stereocenters. The molecule has 0 aliphatic heterocycles.